The van der Waals surface area contributed by atoms with E-state index in [4.69, 9.17) is 9.47 Å². The molecule has 134 valence electrons. The molecule has 2 aliphatic carbocycles. The molecule has 2 fully saturated rings. The third-order valence-corrected chi connectivity index (χ3v) is 5.47. The number of carbonyl (C=O) groups is 2. The molecule has 2 aliphatic rings. The van der Waals surface area contributed by atoms with Gasteiger partial charge in [-0.1, -0.05) is 26.0 Å². The predicted octanol–water partition coefficient (Wildman–Crippen LogP) is 4.34. The van der Waals surface area contributed by atoms with Crippen LogP contribution in [0.25, 0.3) is 0 Å². The third-order valence-electron chi connectivity index (χ3n) is 5.47. The molecule has 0 amide bonds. The van der Waals surface area contributed by atoms with Crippen molar-refractivity contribution in [3.63, 3.8) is 0 Å². The van der Waals surface area contributed by atoms with Crippen LogP contribution in [0.1, 0.15) is 64.2 Å². The summed E-state index contributed by atoms with van der Waals surface area (Å²) >= 11 is 0. The molecule has 0 aromatic rings. The van der Waals surface area contributed by atoms with E-state index in [9.17, 15) is 9.59 Å². The minimum atomic E-state index is -0.299. The van der Waals surface area contributed by atoms with Gasteiger partial charge in [0, 0.05) is 12.2 Å². The standard InChI is InChI=1S/C20H30O4/c1-3-19(21)23-17-11-7-15(8-12-17)5-6-16-9-13-18(14-10-16)24-20(22)4-2/h3-4,15-18H,1-2,5-14H2. The summed E-state index contributed by atoms with van der Waals surface area (Å²) in [6.45, 7) is 6.88. The SMILES string of the molecule is C=CC(=O)OC1CCC(CCC2CCC(OC(=O)C=C)CC2)CC1. The summed E-state index contributed by atoms with van der Waals surface area (Å²) in [5.74, 6) is 0.930. The molecule has 0 unspecified atom stereocenters. The zero-order valence-electron chi connectivity index (χ0n) is 14.6. The molecule has 0 bridgehead atoms. The first kappa shape index (κ1) is 18.8. The Balaban J connectivity index is 1.58. The van der Waals surface area contributed by atoms with Crippen LogP contribution in [0.5, 0.6) is 0 Å². The lowest BCUT2D eigenvalue weighted by atomic mass is 9.79. The number of hydrogen-bond acceptors (Lipinski definition) is 4. The minimum absolute atomic E-state index is 0.0849. The lowest BCUT2D eigenvalue weighted by Gasteiger charge is -2.31. The maximum absolute atomic E-state index is 11.2. The Morgan fingerprint density at radius 1 is 0.708 bits per heavy atom. The van der Waals surface area contributed by atoms with E-state index in [0.29, 0.717) is 0 Å². The van der Waals surface area contributed by atoms with Crippen molar-refractivity contribution in [1.29, 1.82) is 0 Å². The Morgan fingerprint density at radius 3 is 1.33 bits per heavy atom. The molecule has 4 heteroatoms. The monoisotopic (exact) mass is 334 g/mol. The van der Waals surface area contributed by atoms with Gasteiger partial charge in [-0.05, 0) is 63.2 Å². The fourth-order valence-corrected chi connectivity index (χ4v) is 3.97. The average molecular weight is 334 g/mol. The van der Waals surface area contributed by atoms with Gasteiger partial charge < -0.3 is 9.47 Å². The zero-order chi connectivity index (χ0) is 17.4. The molecule has 0 heterocycles. The Bertz CT molecular complexity index is 399. The average Bonchev–Trinajstić information content (AvgIpc) is 2.62. The highest BCUT2D eigenvalue weighted by Gasteiger charge is 2.26. The van der Waals surface area contributed by atoms with Crippen LogP contribution in [0.3, 0.4) is 0 Å². The summed E-state index contributed by atoms with van der Waals surface area (Å²) in [7, 11) is 0. The van der Waals surface area contributed by atoms with Crippen LogP contribution < -0.4 is 0 Å². The van der Waals surface area contributed by atoms with Gasteiger partial charge in [-0.15, -0.1) is 0 Å². The van der Waals surface area contributed by atoms with Gasteiger partial charge in [0.05, 0.1) is 0 Å². The Kier molecular flexibility index (Phi) is 7.54. The smallest absolute Gasteiger partial charge is 0.330 e. The van der Waals surface area contributed by atoms with Crippen molar-refractivity contribution in [2.24, 2.45) is 11.8 Å². The molecule has 4 nitrogen and oxygen atoms in total. The summed E-state index contributed by atoms with van der Waals surface area (Å²) in [4.78, 5) is 22.5. The summed E-state index contributed by atoms with van der Waals surface area (Å²) in [6.07, 6.45) is 13.7. The van der Waals surface area contributed by atoms with Gasteiger partial charge in [-0.25, -0.2) is 9.59 Å². The third kappa shape index (κ3) is 6.14. The molecule has 0 aromatic heterocycles. The first-order valence-electron chi connectivity index (χ1n) is 9.26. The van der Waals surface area contributed by atoms with Crippen molar-refractivity contribution < 1.29 is 19.1 Å². The highest BCUT2D eigenvalue weighted by atomic mass is 16.5. The van der Waals surface area contributed by atoms with Gasteiger partial charge in [0.15, 0.2) is 0 Å². The van der Waals surface area contributed by atoms with E-state index in [0.717, 1.165) is 63.2 Å². The first-order chi connectivity index (χ1) is 11.6. The topological polar surface area (TPSA) is 52.6 Å². The maximum atomic E-state index is 11.2. The van der Waals surface area contributed by atoms with Gasteiger partial charge >= 0.3 is 11.9 Å². The van der Waals surface area contributed by atoms with E-state index in [1.54, 1.807) is 0 Å². The van der Waals surface area contributed by atoms with E-state index in [1.807, 2.05) is 0 Å². The summed E-state index contributed by atoms with van der Waals surface area (Å²) < 4.78 is 10.7. The van der Waals surface area contributed by atoms with E-state index < -0.39 is 0 Å². The first-order valence-corrected chi connectivity index (χ1v) is 9.26. The van der Waals surface area contributed by atoms with Crippen LogP contribution in [-0.4, -0.2) is 24.1 Å². The maximum Gasteiger partial charge on any atom is 0.330 e. The summed E-state index contributed by atoms with van der Waals surface area (Å²) in [5, 5.41) is 0. The predicted molar refractivity (Wildman–Crippen MR) is 93.3 cm³/mol. The van der Waals surface area contributed by atoms with Gasteiger partial charge in [-0.2, -0.15) is 0 Å². The second-order valence-electron chi connectivity index (χ2n) is 7.14. The largest absolute Gasteiger partial charge is 0.459 e. The van der Waals surface area contributed by atoms with E-state index in [2.05, 4.69) is 13.2 Å². The van der Waals surface area contributed by atoms with Crippen LogP contribution >= 0.6 is 0 Å². The van der Waals surface area contributed by atoms with E-state index in [1.165, 1.54) is 25.0 Å². The highest BCUT2D eigenvalue weighted by Crippen LogP contribution is 2.34. The van der Waals surface area contributed by atoms with Crippen molar-refractivity contribution in [3.8, 4) is 0 Å². The van der Waals surface area contributed by atoms with Crippen LogP contribution in [0, 0.1) is 11.8 Å². The van der Waals surface area contributed by atoms with Gasteiger partial charge in [-0.3, -0.25) is 0 Å². The van der Waals surface area contributed by atoms with Crippen LogP contribution in [0.15, 0.2) is 25.3 Å². The van der Waals surface area contributed by atoms with Crippen molar-refractivity contribution >= 4 is 11.9 Å². The molecule has 0 aromatic carbocycles. The van der Waals surface area contributed by atoms with Gasteiger partial charge in [0.25, 0.3) is 0 Å². The number of carbonyl (C=O) groups excluding carboxylic acids is 2. The van der Waals surface area contributed by atoms with Crippen LogP contribution in [0.4, 0.5) is 0 Å². The number of esters is 2. The molecular formula is C20H30O4. The minimum Gasteiger partial charge on any atom is -0.459 e. The lowest BCUT2D eigenvalue weighted by Crippen LogP contribution is -2.25. The molecule has 0 aliphatic heterocycles. The zero-order valence-corrected chi connectivity index (χ0v) is 14.6. The normalized spacial score (nSPS) is 30.2. The highest BCUT2D eigenvalue weighted by molar-refractivity contribution is 5.81. The molecule has 0 saturated heterocycles. The Hall–Kier alpha value is -1.58. The second-order valence-corrected chi connectivity index (χ2v) is 7.14. The molecule has 24 heavy (non-hydrogen) atoms. The molecule has 2 rings (SSSR count). The van der Waals surface area contributed by atoms with Crippen molar-refractivity contribution in [3.05, 3.63) is 25.3 Å². The summed E-state index contributed by atoms with van der Waals surface area (Å²) in [5.41, 5.74) is 0. The molecule has 0 N–H and O–H groups in total. The fraction of sp³-hybridized carbons (Fsp3) is 0.700. The van der Waals surface area contributed by atoms with Crippen molar-refractivity contribution in [1.82, 2.24) is 0 Å². The van der Waals surface area contributed by atoms with Gasteiger partial charge in [0.1, 0.15) is 12.2 Å². The quantitative estimate of drug-likeness (QED) is 0.513. The molecule has 0 spiro atoms. The number of hydrogen-bond donors (Lipinski definition) is 0. The number of rotatable bonds is 7. The van der Waals surface area contributed by atoms with Crippen LogP contribution in [0.2, 0.25) is 0 Å². The van der Waals surface area contributed by atoms with Crippen molar-refractivity contribution in [2.45, 2.75) is 76.4 Å². The molecule has 0 radical (unpaired) electrons. The molecular weight excluding hydrogens is 304 g/mol. The van der Waals surface area contributed by atoms with E-state index >= 15 is 0 Å². The van der Waals surface area contributed by atoms with Crippen LogP contribution in [-0.2, 0) is 19.1 Å². The molecule has 2 saturated carbocycles. The Morgan fingerprint density at radius 2 is 1.04 bits per heavy atom. The number of ether oxygens (including phenoxy) is 2. The second kappa shape index (κ2) is 9.65. The lowest BCUT2D eigenvalue weighted by molar-refractivity contribution is -0.146. The van der Waals surface area contributed by atoms with Crippen molar-refractivity contribution in [2.75, 3.05) is 0 Å². The van der Waals surface area contributed by atoms with Gasteiger partial charge in [0.2, 0.25) is 0 Å². The van der Waals surface area contributed by atoms with E-state index in [-0.39, 0.29) is 24.1 Å². The Labute approximate surface area is 145 Å². The molecule has 0 atom stereocenters. The fourth-order valence-electron chi connectivity index (χ4n) is 3.97. The summed E-state index contributed by atoms with van der Waals surface area (Å²) in [6, 6.07) is 0.